The van der Waals surface area contributed by atoms with E-state index < -0.39 is 5.97 Å². The van der Waals surface area contributed by atoms with E-state index in [4.69, 9.17) is 16.3 Å². The summed E-state index contributed by atoms with van der Waals surface area (Å²) in [7, 11) is 0. The number of nitrogens with one attached hydrogen (secondary N) is 1. The predicted octanol–water partition coefficient (Wildman–Crippen LogP) is 5.98. The summed E-state index contributed by atoms with van der Waals surface area (Å²) < 4.78 is 6.15. The fourth-order valence-corrected chi connectivity index (χ4v) is 4.38. The third kappa shape index (κ3) is 5.23. The molecule has 1 aromatic heterocycles. The van der Waals surface area contributed by atoms with Crippen LogP contribution in [0.5, 0.6) is 5.75 Å². The van der Waals surface area contributed by atoms with E-state index in [0.717, 1.165) is 28.3 Å². The Balaban J connectivity index is 1.24. The lowest BCUT2D eigenvalue weighted by Crippen LogP contribution is -2.54. The molecule has 2 N–H and O–H groups in total. The molecule has 0 bridgehead atoms. The zero-order valence-corrected chi connectivity index (χ0v) is 19.7. The van der Waals surface area contributed by atoms with Crippen molar-refractivity contribution in [3.05, 3.63) is 107 Å². The van der Waals surface area contributed by atoms with Crippen LogP contribution >= 0.6 is 11.6 Å². The highest BCUT2D eigenvalue weighted by atomic mass is 35.5. The summed E-state index contributed by atoms with van der Waals surface area (Å²) in [5.41, 5.74) is 4.70. The molecule has 2 heterocycles. The number of halogens is 1. The predicted molar refractivity (Wildman–Crippen MR) is 138 cm³/mol. The Labute approximate surface area is 208 Å². The Bertz CT molecular complexity index is 1320. The van der Waals surface area contributed by atoms with Crippen LogP contribution in [0.25, 0.3) is 11.1 Å². The average Bonchev–Trinajstić information content (AvgIpc) is 2.85. The minimum absolute atomic E-state index is 0.0232. The Morgan fingerprint density at radius 3 is 2.57 bits per heavy atom. The molecule has 6 nitrogen and oxygen atoms in total. The van der Waals surface area contributed by atoms with Crippen molar-refractivity contribution in [2.45, 2.75) is 12.6 Å². The molecule has 4 aromatic rings. The topological polar surface area (TPSA) is 74.7 Å². The summed E-state index contributed by atoms with van der Waals surface area (Å²) in [5.74, 6) is -0.151. The molecule has 0 saturated carbocycles. The van der Waals surface area contributed by atoms with Crippen LogP contribution in [0.15, 0.2) is 91.3 Å². The number of rotatable bonds is 8. The van der Waals surface area contributed by atoms with Crippen LogP contribution in [-0.2, 0) is 6.54 Å². The minimum Gasteiger partial charge on any atom is -0.487 e. The van der Waals surface area contributed by atoms with E-state index in [1.54, 1.807) is 36.7 Å². The SMILES string of the molecule is O=C(O)c1cccc(N2CC(Oc3ccc(CNc4cccnc4)cc3)C2)c1-c1cccc(Cl)c1. The molecule has 0 amide bonds. The summed E-state index contributed by atoms with van der Waals surface area (Å²) in [5, 5.41) is 13.7. The van der Waals surface area contributed by atoms with Crippen LogP contribution in [0.4, 0.5) is 11.4 Å². The van der Waals surface area contributed by atoms with Crippen molar-refractivity contribution in [2.75, 3.05) is 23.3 Å². The molecule has 1 aliphatic rings. The van der Waals surface area contributed by atoms with Crippen LogP contribution in [0.2, 0.25) is 5.02 Å². The number of pyridine rings is 1. The number of ether oxygens (including phenoxy) is 1. The number of hydrogen-bond donors (Lipinski definition) is 2. The van der Waals surface area contributed by atoms with Crippen LogP contribution in [-0.4, -0.2) is 35.3 Å². The highest BCUT2D eigenvalue weighted by molar-refractivity contribution is 6.31. The average molecular weight is 486 g/mol. The lowest BCUT2D eigenvalue weighted by Gasteiger charge is -2.41. The van der Waals surface area contributed by atoms with E-state index in [2.05, 4.69) is 15.2 Å². The fraction of sp³-hybridized carbons (Fsp3) is 0.143. The number of carboxylic acid groups (broad SMARTS) is 1. The van der Waals surface area contributed by atoms with E-state index in [1.165, 1.54) is 0 Å². The number of carboxylic acids is 1. The van der Waals surface area contributed by atoms with Crippen molar-refractivity contribution in [1.29, 1.82) is 0 Å². The Morgan fingerprint density at radius 2 is 1.86 bits per heavy atom. The second-order valence-electron chi connectivity index (χ2n) is 8.40. The summed E-state index contributed by atoms with van der Waals surface area (Å²) in [4.78, 5) is 18.2. The van der Waals surface area contributed by atoms with Crippen LogP contribution in [0.1, 0.15) is 15.9 Å². The first-order valence-corrected chi connectivity index (χ1v) is 11.7. The molecule has 176 valence electrons. The van der Waals surface area contributed by atoms with Gasteiger partial charge < -0.3 is 20.1 Å². The van der Waals surface area contributed by atoms with E-state index in [-0.39, 0.29) is 11.7 Å². The Morgan fingerprint density at radius 1 is 1.06 bits per heavy atom. The molecule has 0 spiro atoms. The summed E-state index contributed by atoms with van der Waals surface area (Å²) in [6, 6.07) is 24.6. The third-order valence-electron chi connectivity index (χ3n) is 5.96. The van der Waals surface area contributed by atoms with Crippen molar-refractivity contribution in [3.63, 3.8) is 0 Å². The second-order valence-corrected chi connectivity index (χ2v) is 8.84. The number of hydrogen-bond acceptors (Lipinski definition) is 5. The maximum atomic E-state index is 11.9. The molecule has 1 saturated heterocycles. The highest BCUT2D eigenvalue weighted by Crippen LogP contribution is 2.38. The van der Waals surface area contributed by atoms with Crippen molar-refractivity contribution in [2.24, 2.45) is 0 Å². The zero-order chi connectivity index (χ0) is 24.2. The lowest BCUT2D eigenvalue weighted by atomic mass is 9.95. The summed E-state index contributed by atoms with van der Waals surface area (Å²) in [6.07, 6.45) is 3.57. The van der Waals surface area contributed by atoms with Gasteiger partial charge in [0, 0.05) is 35.2 Å². The largest absolute Gasteiger partial charge is 0.487 e. The molecular formula is C28H24ClN3O3. The molecule has 35 heavy (non-hydrogen) atoms. The standard InChI is InChI=1S/C28H24ClN3O3/c29-21-5-1-4-20(14-21)27-25(28(33)34)7-2-8-26(27)32-17-24(18-32)35-23-11-9-19(10-12-23)15-31-22-6-3-13-30-16-22/h1-14,16,24,31H,15,17-18H2,(H,33,34). The summed E-state index contributed by atoms with van der Waals surface area (Å²) in [6.45, 7) is 2.04. The Hall–Kier alpha value is -4.03. The highest BCUT2D eigenvalue weighted by Gasteiger charge is 2.31. The number of aromatic carboxylic acids is 1. The molecular weight excluding hydrogens is 462 g/mol. The molecule has 0 unspecified atom stereocenters. The molecule has 1 fully saturated rings. The van der Waals surface area contributed by atoms with Gasteiger partial charge in [0.2, 0.25) is 0 Å². The molecule has 5 rings (SSSR count). The maximum absolute atomic E-state index is 11.9. The van der Waals surface area contributed by atoms with Crippen LogP contribution in [0.3, 0.4) is 0 Å². The normalized spacial score (nSPS) is 13.2. The van der Waals surface area contributed by atoms with Gasteiger partial charge in [-0.3, -0.25) is 4.98 Å². The molecule has 1 aliphatic heterocycles. The van der Waals surface area contributed by atoms with Gasteiger partial charge >= 0.3 is 5.97 Å². The smallest absolute Gasteiger partial charge is 0.336 e. The van der Waals surface area contributed by atoms with Crippen LogP contribution < -0.4 is 15.0 Å². The van der Waals surface area contributed by atoms with Crippen LogP contribution in [0, 0.1) is 0 Å². The van der Waals surface area contributed by atoms with Gasteiger partial charge in [-0.15, -0.1) is 0 Å². The van der Waals surface area contributed by atoms with Crippen molar-refractivity contribution in [3.8, 4) is 16.9 Å². The minimum atomic E-state index is -0.965. The quantitative estimate of drug-likeness (QED) is 0.320. The van der Waals surface area contributed by atoms with E-state index in [0.29, 0.717) is 30.2 Å². The van der Waals surface area contributed by atoms with Gasteiger partial charge in [-0.2, -0.15) is 0 Å². The second kappa shape index (κ2) is 10.1. The van der Waals surface area contributed by atoms with Gasteiger partial charge in [0.05, 0.1) is 24.3 Å². The zero-order valence-electron chi connectivity index (χ0n) is 18.9. The van der Waals surface area contributed by atoms with E-state index in [1.807, 2.05) is 54.6 Å². The number of aromatic nitrogens is 1. The van der Waals surface area contributed by atoms with Crippen molar-refractivity contribution in [1.82, 2.24) is 4.98 Å². The number of carbonyl (C=O) groups is 1. The summed E-state index contributed by atoms with van der Waals surface area (Å²) >= 11 is 6.19. The number of benzene rings is 3. The van der Waals surface area contributed by atoms with Gasteiger partial charge in [0.1, 0.15) is 11.9 Å². The van der Waals surface area contributed by atoms with Gasteiger partial charge in [-0.25, -0.2) is 4.79 Å². The van der Waals surface area contributed by atoms with Gasteiger partial charge in [-0.1, -0.05) is 41.9 Å². The first-order valence-electron chi connectivity index (χ1n) is 11.3. The molecule has 7 heteroatoms. The van der Waals surface area contributed by atoms with Gasteiger partial charge in [-0.05, 0) is 59.7 Å². The molecule has 3 aromatic carbocycles. The number of anilines is 2. The third-order valence-corrected chi connectivity index (χ3v) is 6.19. The Kier molecular flexibility index (Phi) is 6.55. The molecule has 0 aliphatic carbocycles. The maximum Gasteiger partial charge on any atom is 0.336 e. The number of nitrogens with zero attached hydrogens (tertiary/aromatic N) is 2. The fourth-order valence-electron chi connectivity index (χ4n) is 4.19. The molecule has 0 radical (unpaired) electrons. The van der Waals surface area contributed by atoms with Gasteiger partial charge in [0.25, 0.3) is 0 Å². The monoisotopic (exact) mass is 485 g/mol. The lowest BCUT2D eigenvalue weighted by molar-refractivity contribution is 0.0697. The van der Waals surface area contributed by atoms with Crippen molar-refractivity contribution < 1.29 is 14.6 Å². The first-order chi connectivity index (χ1) is 17.1. The molecule has 0 atom stereocenters. The van der Waals surface area contributed by atoms with Gasteiger partial charge in [0.15, 0.2) is 0 Å². The van der Waals surface area contributed by atoms with Crippen molar-refractivity contribution >= 4 is 28.9 Å². The van der Waals surface area contributed by atoms with E-state index in [9.17, 15) is 9.90 Å². The van der Waals surface area contributed by atoms with E-state index >= 15 is 0 Å². The first kappa shape index (κ1) is 22.7.